The molecular formula is C18H21NO3. The van der Waals surface area contributed by atoms with Gasteiger partial charge in [0.1, 0.15) is 5.76 Å². The summed E-state index contributed by atoms with van der Waals surface area (Å²) < 4.78 is 10.9. The summed E-state index contributed by atoms with van der Waals surface area (Å²) >= 11 is 0. The molecule has 2 heterocycles. The number of carbonyl (C=O) groups excluding carboxylic acids is 1. The zero-order valence-electron chi connectivity index (χ0n) is 13.0. The number of hydrogen-bond donors (Lipinski definition) is 0. The number of hydrogen-bond acceptors (Lipinski definition) is 3. The minimum Gasteiger partial charge on any atom is -0.469 e. The Balaban J connectivity index is 1.83. The molecule has 0 N–H and O–H groups in total. The topological polar surface area (TPSA) is 42.7 Å². The fraction of sp³-hybridized carbons (Fsp3) is 0.389. The van der Waals surface area contributed by atoms with E-state index in [0.717, 1.165) is 19.4 Å². The second-order valence-electron chi connectivity index (χ2n) is 5.71. The molecule has 0 aliphatic carbocycles. The molecule has 2 atom stereocenters. The molecule has 3 rings (SSSR count). The predicted octanol–water partition coefficient (Wildman–Crippen LogP) is 3.06. The summed E-state index contributed by atoms with van der Waals surface area (Å²) in [5.41, 5.74) is 1.87. The Hall–Kier alpha value is -2.07. The van der Waals surface area contributed by atoms with E-state index in [0.29, 0.717) is 11.3 Å². The van der Waals surface area contributed by atoms with Gasteiger partial charge in [-0.15, -0.1) is 0 Å². The number of methoxy groups -OCH3 is 1. The average Bonchev–Trinajstić information content (AvgIpc) is 3.14. The lowest BCUT2D eigenvalue weighted by molar-refractivity contribution is 0.0507. The van der Waals surface area contributed by atoms with Gasteiger partial charge in [0, 0.05) is 13.7 Å². The van der Waals surface area contributed by atoms with Crippen molar-refractivity contribution >= 4 is 5.91 Å². The van der Waals surface area contributed by atoms with Crippen molar-refractivity contribution in [2.75, 3.05) is 13.7 Å². The van der Waals surface area contributed by atoms with Crippen LogP contribution in [0.4, 0.5) is 0 Å². The monoisotopic (exact) mass is 299 g/mol. The van der Waals surface area contributed by atoms with Gasteiger partial charge in [-0.1, -0.05) is 30.3 Å². The van der Waals surface area contributed by atoms with Crippen LogP contribution in [0.5, 0.6) is 0 Å². The van der Waals surface area contributed by atoms with Gasteiger partial charge in [0.05, 0.1) is 24.0 Å². The van der Waals surface area contributed by atoms with Crippen molar-refractivity contribution in [3.8, 4) is 0 Å². The smallest absolute Gasteiger partial charge is 0.257 e. The molecule has 116 valence electrons. The summed E-state index contributed by atoms with van der Waals surface area (Å²) in [6, 6.07) is 12.1. The van der Waals surface area contributed by atoms with Crippen LogP contribution in [0.15, 0.2) is 47.1 Å². The summed E-state index contributed by atoms with van der Waals surface area (Å²) in [7, 11) is 1.72. The zero-order chi connectivity index (χ0) is 15.5. The van der Waals surface area contributed by atoms with Gasteiger partial charge in [0.2, 0.25) is 0 Å². The van der Waals surface area contributed by atoms with Crippen LogP contribution in [0.1, 0.15) is 28.1 Å². The second-order valence-corrected chi connectivity index (χ2v) is 5.71. The number of amides is 1. The third kappa shape index (κ3) is 2.79. The van der Waals surface area contributed by atoms with Crippen molar-refractivity contribution in [2.45, 2.75) is 31.9 Å². The van der Waals surface area contributed by atoms with Crippen LogP contribution in [0.3, 0.4) is 0 Å². The molecule has 0 spiro atoms. The molecule has 22 heavy (non-hydrogen) atoms. The van der Waals surface area contributed by atoms with Crippen molar-refractivity contribution in [2.24, 2.45) is 0 Å². The average molecular weight is 299 g/mol. The highest BCUT2D eigenvalue weighted by Gasteiger charge is 2.38. The third-order valence-corrected chi connectivity index (χ3v) is 4.42. The molecule has 0 saturated carbocycles. The highest BCUT2D eigenvalue weighted by atomic mass is 16.5. The van der Waals surface area contributed by atoms with Gasteiger partial charge in [-0.05, 0) is 31.4 Å². The second kappa shape index (κ2) is 6.36. The summed E-state index contributed by atoms with van der Waals surface area (Å²) in [4.78, 5) is 14.7. The van der Waals surface area contributed by atoms with Crippen molar-refractivity contribution in [1.82, 2.24) is 4.90 Å². The Morgan fingerprint density at radius 2 is 2.09 bits per heavy atom. The normalized spacial score (nSPS) is 21.3. The molecule has 1 amide bonds. The van der Waals surface area contributed by atoms with Crippen LogP contribution < -0.4 is 0 Å². The quantitative estimate of drug-likeness (QED) is 0.871. The maximum atomic E-state index is 12.8. The van der Waals surface area contributed by atoms with Crippen LogP contribution in [0, 0.1) is 6.92 Å². The summed E-state index contributed by atoms with van der Waals surface area (Å²) in [5, 5.41) is 0. The lowest BCUT2D eigenvalue weighted by Crippen LogP contribution is -2.41. The van der Waals surface area contributed by atoms with Gasteiger partial charge in [-0.3, -0.25) is 4.79 Å². The van der Waals surface area contributed by atoms with Crippen LogP contribution in [-0.4, -0.2) is 36.6 Å². The zero-order valence-corrected chi connectivity index (χ0v) is 13.0. The van der Waals surface area contributed by atoms with E-state index < -0.39 is 0 Å². The lowest BCUT2D eigenvalue weighted by Gasteiger charge is -2.27. The molecule has 0 bridgehead atoms. The Kier molecular flexibility index (Phi) is 4.29. The van der Waals surface area contributed by atoms with E-state index in [9.17, 15) is 4.79 Å². The SMILES string of the molecule is CO[C@@H]1CCN(C(=O)c2ccoc2C)[C@@H]1Cc1ccccc1. The molecule has 2 aromatic rings. The summed E-state index contributed by atoms with van der Waals surface area (Å²) in [6.45, 7) is 2.54. The standard InChI is InChI=1S/C18H21NO3/c1-13-15(9-11-22-13)18(20)19-10-8-17(21-2)16(19)12-14-6-4-3-5-7-14/h3-7,9,11,16-17H,8,10,12H2,1-2H3/t16-,17-/m1/s1. The minimum absolute atomic E-state index is 0.0340. The Labute approximate surface area is 130 Å². The molecule has 1 aliphatic rings. The number of carbonyl (C=O) groups is 1. The molecule has 4 nitrogen and oxygen atoms in total. The number of benzene rings is 1. The maximum Gasteiger partial charge on any atom is 0.257 e. The third-order valence-electron chi connectivity index (χ3n) is 4.42. The Morgan fingerprint density at radius 3 is 2.73 bits per heavy atom. The molecular weight excluding hydrogens is 278 g/mol. The number of rotatable bonds is 4. The number of furan rings is 1. The summed E-state index contributed by atoms with van der Waals surface area (Å²) in [5.74, 6) is 0.705. The van der Waals surface area contributed by atoms with Crippen molar-refractivity contribution in [3.63, 3.8) is 0 Å². The molecule has 4 heteroatoms. The summed E-state index contributed by atoms with van der Waals surface area (Å²) in [6.07, 6.45) is 3.33. The minimum atomic E-state index is 0.0340. The number of likely N-dealkylation sites (tertiary alicyclic amines) is 1. The van der Waals surface area contributed by atoms with Gasteiger partial charge >= 0.3 is 0 Å². The molecule has 1 aromatic heterocycles. The van der Waals surface area contributed by atoms with Gasteiger partial charge in [0.15, 0.2) is 0 Å². The first-order valence-corrected chi connectivity index (χ1v) is 7.62. The first-order valence-electron chi connectivity index (χ1n) is 7.62. The van der Waals surface area contributed by atoms with Gasteiger partial charge in [-0.2, -0.15) is 0 Å². The Bertz CT molecular complexity index is 635. The number of aryl methyl sites for hydroxylation is 1. The van der Waals surface area contributed by atoms with E-state index in [2.05, 4.69) is 12.1 Å². The van der Waals surface area contributed by atoms with Crippen molar-refractivity contribution < 1.29 is 13.9 Å². The highest BCUT2D eigenvalue weighted by Crippen LogP contribution is 2.26. The predicted molar refractivity (Wildman–Crippen MR) is 83.8 cm³/mol. The van der Waals surface area contributed by atoms with Gasteiger partial charge < -0.3 is 14.1 Å². The molecule has 1 fully saturated rings. The maximum absolute atomic E-state index is 12.8. The van der Waals surface area contributed by atoms with E-state index in [-0.39, 0.29) is 18.1 Å². The molecule has 1 aromatic carbocycles. The number of nitrogens with zero attached hydrogens (tertiary/aromatic N) is 1. The Morgan fingerprint density at radius 1 is 1.32 bits per heavy atom. The first kappa shape index (κ1) is 14.9. The molecule has 1 saturated heterocycles. The van der Waals surface area contributed by atoms with Crippen LogP contribution in [-0.2, 0) is 11.2 Å². The van der Waals surface area contributed by atoms with Crippen LogP contribution in [0.2, 0.25) is 0 Å². The first-order chi connectivity index (χ1) is 10.7. The van der Waals surface area contributed by atoms with Crippen LogP contribution in [0.25, 0.3) is 0 Å². The molecule has 1 aliphatic heterocycles. The van der Waals surface area contributed by atoms with Crippen molar-refractivity contribution in [1.29, 1.82) is 0 Å². The van der Waals surface area contributed by atoms with E-state index in [4.69, 9.17) is 9.15 Å². The van der Waals surface area contributed by atoms with E-state index in [1.807, 2.05) is 30.0 Å². The highest BCUT2D eigenvalue weighted by molar-refractivity contribution is 5.95. The van der Waals surface area contributed by atoms with E-state index in [1.54, 1.807) is 19.4 Å². The van der Waals surface area contributed by atoms with E-state index in [1.165, 1.54) is 5.56 Å². The van der Waals surface area contributed by atoms with Crippen LogP contribution >= 0.6 is 0 Å². The van der Waals surface area contributed by atoms with Gasteiger partial charge in [-0.25, -0.2) is 0 Å². The van der Waals surface area contributed by atoms with E-state index >= 15 is 0 Å². The molecule has 0 unspecified atom stereocenters. The van der Waals surface area contributed by atoms with Crippen molar-refractivity contribution in [3.05, 3.63) is 59.5 Å². The fourth-order valence-corrected chi connectivity index (χ4v) is 3.21. The largest absolute Gasteiger partial charge is 0.469 e. The lowest BCUT2D eigenvalue weighted by atomic mass is 10.0. The van der Waals surface area contributed by atoms with Gasteiger partial charge in [0.25, 0.3) is 5.91 Å². The molecule has 0 radical (unpaired) electrons. The number of ether oxygens (including phenoxy) is 1. The fourth-order valence-electron chi connectivity index (χ4n) is 3.21.